The SMILES string of the molecule is Cc1cccc(OCC(=O)O[C@@H](C)C(=O)N2CCc3ccccc3C2)c1C. The molecule has 1 aliphatic rings. The van der Waals surface area contributed by atoms with E-state index >= 15 is 0 Å². The lowest BCUT2D eigenvalue weighted by Gasteiger charge is -2.30. The van der Waals surface area contributed by atoms with Crippen molar-refractivity contribution in [3.8, 4) is 5.75 Å². The molecule has 142 valence electrons. The standard InChI is InChI=1S/C22H25NO4/c1-15-7-6-10-20(16(15)2)26-14-21(24)27-17(3)22(25)23-12-11-18-8-4-5-9-19(18)13-23/h4-10,17H,11-14H2,1-3H3/t17-/m0/s1. The van der Waals surface area contributed by atoms with Crippen LogP contribution in [0.15, 0.2) is 42.5 Å². The Bertz CT molecular complexity index is 846. The summed E-state index contributed by atoms with van der Waals surface area (Å²) in [5.41, 5.74) is 4.50. The lowest BCUT2D eigenvalue weighted by atomic mass is 9.99. The highest BCUT2D eigenvalue weighted by atomic mass is 16.6. The second kappa shape index (κ2) is 8.25. The van der Waals surface area contributed by atoms with Crippen LogP contribution < -0.4 is 4.74 Å². The minimum Gasteiger partial charge on any atom is -0.482 e. The molecular weight excluding hydrogens is 342 g/mol. The smallest absolute Gasteiger partial charge is 0.344 e. The summed E-state index contributed by atoms with van der Waals surface area (Å²) >= 11 is 0. The number of ether oxygens (including phenoxy) is 2. The molecule has 0 radical (unpaired) electrons. The Hall–Kier alpha value is -2.82. The number of nitrogens with zero attached hydrogens (tertiary/aromatic N) is 1. The van der Waals surface area contributed by atoms with Gasteiger partial charge in [-0.15, -0.1) is 0 Å². The first-order valence-corrected chi connectivity index (χ1v) is 9.19. The predicted octanol–water partition coefficient (Wildman–Crippen LogP) is 3.20. The van der Waals surface area contributed by atoms with Gasteiger partial charge in [-0.25, -0.2) is 4.79 Å². The van der Waals surface area contributed by atoms with Gasteiger partial charge in [0.2, 0.25) is 0 Å². The first-order valence-electron chi connectivity index (χ1n) is 9.19. The predicted molar refractivity (Wildman–Crippen MR) is 103 cm³/mol. The van der Waals surface area contributed by atoms with E-state index in [9.17, 15) is 9.59 Å². The van der Waals surface area contributed by atoms with Gasteiger partial charge in [0.15, 0.2) is 12.7 Å². The van der Waals surface area contributed by atoms with Gasteiger partial charge >= 0.3 is 5.97 Å². The van der Waals surface area contributed by atoms with E-state index in [-0.39, 0.29) is 12.5 Å². The van der Waals surface area contributed by atoms with Gasteiger partial charge in [-0.05, 0) is 55.5 Å². The zero-order valence-corrected chi connectivity index (χ0v) is 16.0. The minimum atomic E-state index is -0.829. The molecule has 0 bridgehead atoms. The number of aryl methyl sites for hydroxylation is 1. The van der Waals surface area contributed by atoms with Crippen molar-refractivity contribution in [2.24, 2.45) is 0 Å². The van der Waals surface area contributed by atoms with Crippen LogP contribution in [0.5, 0.6) is 5.75 Å². The van der Waals surface area contributed by atoms with Crippen LogP contribution in [0.1, 0.15) is 29.2 Å². The molecule has 0 unspecified atom stereocenters. The molecule has 0 fully saturated rings. The normalized spacial score (nSPS) is 14.3. The van der Waals surface area contributed by atoms with Crippen LogP contribution in [0.2, 0.25) is 0 Å². The molecule has 0 aliphatic carbocycles. The van der Waals surface area contributed by atoms with Crippen LogP contribution in [-0.2, 0) is 27.3 Å². The monoisotopic (exact) mass is 367 g/mol. The second-order valence-electron chi connectivity index (χ2n) is 6.90. The molecule has 1 aliphatic heterocycles. The topological polar surface area (TPSA) is 55.8 Å². The Kier molecular flexibility index (Phi) is 5.79. The van der Waals surface area contributed by atoms with Gasteiger partial charge in [-0.3, -0.25) is 4.79 Å². The van der Waals surface area contributed by atoms with Crippen LogP contribution in [-0.4, -0.2) is 36.0 Å². The molecule has 3 rings (SSSR count). The van der Waals surface area contributed by atoms with E-state index in [4.69, 9.17) is 9.47 Å². The van der Waals surface area contributed by atoms with Crippen molar-refractivity contribution in [3.63, 3.8) is 0 Å². The number of benzene rings is 2. The Morgan fingerprint density at radius 3 is 2.59 bits per heavy atom. The van der Waals surface area contributed by atoms with E-state index < -0.39 is 12.1 Å². The van der Waals surface area contributed by atoms with Gasteiger partial charge in [0.1, 0.15) is 5.75 Å². The summed E-state index contributed by atoms with van der Waals surface area (Å²) in [5.74, 6) is -0.0719. The van der Waals surface area contributed by atoms with Crippen molar-refractivity contribution in [3.05, 3.63) is 64.7 Å². The third-order valence-electron chi connectivity index (χ3n) is 5.00. The highest BCUT2D eigenvalue weighted by molar-refractivity contribution is 5.84. The van der Waals surface area contributed by atoms with Gasteiger partial charge in [0.05, 0.1) is 0 Å². The van der Waals surface area contributed by atoms with Crippen LogP contribution in [0.25, 0.3) is 0 Å². The van der Waals surface area contributed by atoms with E-state index in [0.29, 0.717) is 18.8 Å². The molecule has 0 aromatic heterocycles. The Morgan fingerprint density at radius 2 is 1.81 bits per heavy atom. The Morgan fingerprint density at radius 1 is 1.07 bits per heavy atom. The number of fused-ring (bicyclic) bond motifs is 1. The maximum Gasteiger partial charge on any atom is 0.344 e. The number of carbonyl (C=O) groups excluding carboxylic acids is 2. The maximum absolute atomic E-state index is 12.6. The summed E-state index contributed by atoms with van der Waals surface area (Å²) < 4.78 is 10.8. The molecule has 27 heavy (non-hydrogen) atoms. The molecular formula is C22H25NO4. The molecule has 5 nitrogen and oxygen atoms in total. The van der Waals surface area contributed by atoms with Crippen LogP contribution in [0.3, 0.4) is 0 Å². The van der Waals surface area contributed by atoms with E-state index in [1.807, 2.05) is 50.2 Å². The lowest BCUT2D eigenvalue weighted by Crippen LogP contribution is -2.43. The number of amides is 1. The van der Waals surface area contributed by atoms with Crippen LogP contribution in [0, 0.1) is 13.8 Å². The van der Waals surface area contributed by atoms with Gasteiger partial charge in [-0.2, -0.15) is 0 Å². The third-order valence-corrected chi connectivity index (χ3v) is 5.00. The fourth-order valence-corrected chi connectivity index (χ4v) is 3.24. The van der Waals surface area contributed by atoms with E-state index in [1.165, 1.54) is 5.56 Å². The zero-order chi connectivity index (χ0) is 19.4. The van der Waals surface area contributed by atoms with Crippen molar-refractivity contribution < 1.29 is 19.1 Å². The van der Waals surface area contributed by atoms with Gasteiger partial charge in [0, 0.05) is 13.1 Å². The number of hydrogen-bond donors (Lipinski definition) is 0. The fraction of sp³-hybridized carbons (Fsp3) is 0.364. The molecule has 0 N–H and O–H groups in total. The van der Waals surface area contributed by atoms with Crippen molar-refractivity contribution >= 4 is 11.9 Å². The average Bonchev–Trinajstić information content (AvgIpc) is 2.68. The number of rotatable bonds is 5. The summed E-state index contributed by atoms with van der Waals surface area (Å²) in [6, 6.07) is 13.8. The Balaban J connectivity index is 1.52. The highest BCUT2D eigenvalue weighted by Crippen LogP contribution is 2.21. The number of carbonyl (C=O) groups is 2. The van der Waals surface area contributed by atoms with Crippen molar-refractivity contribution in [1.82, 2.24) is 4.90 Å². The summed E-state index contributed by atoms with van der Waals surface area (Å²) in [7, 11) is 0. The van der Waals surface area contributed by atoms with E-state index in [2.05, 4.69) is 6.07 Å². The molecule has 0 saturated carbocycles. The summed E-state index contributed by atoms with van der Waals surface area (Å²) in [6.45, 7) is 6.50. The first kappa shape index (κ1) is 19.0. The molecule has 5 heteroatoms. The van der Waals surface area contributed by atoms with Gasteiger partial charge < -0.3 is 14.4 Å². The Labute approximate surface area is 159 Å². The average molecular weight is 367 g/mol. The molecule has 2 aromatic rings. The van der Waals surface area contributed by atoms with E-state index in [1.54, 1.807) is 11.8 Å². The summed E-state index contributed by atoms with van der Waals surface area (Å²) in [4.78, 5) is 26.5. The first-order chi connectivity index (χ1) is 13.0. The molecule has 1 amide bonds. The minimum absolute atomic E-state index is 0.176. The van der Waals surface area contributed by atoms with Crippen LogP contribution in [0.4, 0.5) is 0 Å². The summed E-state index contributed by atoms with van der Waals surface area (Å²) in [6.07, 6.45) is -0.0109. The quantitative estimate of drug-likeness (QED) is 0.762. The van der Waals surface area contributed by atoms with E-state index in [0.717, 1.165) is 23.1 Å². The molecule has 1 heterocycles. The maximum atomic E-state index is 12.6. The molecule has 0 saturated heterocycles. The third kappa shape index (κ3) is 4.48. The molecule has 2 aromatic carbocycles. The van der Waals surface area contributed by atoms with Crippen molar-refractivity contribution in [2.75, 3.05) is 13.2 Å². The van der Waals surface area contributed by atoms with Crippen LogP contribution >= 0.6 is 0 Å². The van der Waals surface area contributed by atoms with Gasteiger partial charge in [0.25, 0.3) is 5.91 Å². The number of esters is 1. The summed E-state index contributed by atoms with van der Waals surface area (Å²) in [5, 5.41) is 0. The fourth-order valence-electron chi connectivity index (χ4n) is 3.24. The second-order valence-corrected chi connectivity index (χ2v) is 6.90. The molecule has 1 atom stereocenters. The number of hydrogen-bond acceptors (Lipinski definition) is 4. The molecule has 0 spiro atoms. The van der Waals surface area contributed by atoms with Gasteiger partial charge in [-0.1, -0.05) is 36.4 Å². The largest absolute Gasteiger partial charge is 0.482 e. The lowest BCUT2D eigenvalue weighted by molar-refractivity contribution is -0.161. The van der Waals surface area contributed by atoms with Crippen molar-refractivity contribution in [1.29, 1.82) is 0 Å². The highest BCUT2D eigenvalue weighted by Gasteiger charge is 2.27. The zero-order valence-electron chi connectivity index (χ0n) is 16.0. The van der Waals surface area contributed by atoms with Crippen molar-refractivity contribution in [2.45, 2.75) is 39.8 Å².